The van der Waals surface area contributed by atoms with E-state index < -0.39 is 0 Å². The summed E-state index contributed by atoms with van der Waals surface area (Å²) in [6, 6.07) is 0. The SMILES string of the molecule is CC1[B]CCCC1. The molecule has 1 unspecified atom stereocenters. The van der Waals surface area contributed by atoms with Crippen LogP contribution in [0.5, 0.6) is 0 Å². The van der Waals surface area contributed by atoms with Gasteiger partial charge in [-0.15, -0.1) is 0 Å². The standard InChI is InChI=1S/C6H12B/c1-6-4-2-3-5-7-6/h6H,2-5H2,1H3. The average Bonchev–Trinajstić information content (AvgIpc) is 1.69. The lowest BCUT2D eigenvalue weighted by Crippen LogP contribution is -2.04. The van der Waals surface area contributed by atoms with Gasteiger partial charge in [0.15, 0.2) is 0 Å². The monoisotopic (exact) mass is 95.1 g/mol. The van der Waals surface area contributed by atoms with Gasteiger partial charge in [0, 0.05) is 0 Å². The van der Waals surface area contributed by atoms with Crippen LogP contribution in [0.3, 0.4) is 0 Å². The molecule has 0 bridgehead atoms. The maximum atomic E-state index is 2.43. The van der Waals surface area contributed by atoms with Gasteiger partial charge in [-0.05, 0) is 0 Å². The van der Waals surface area contributed by atoms with Gasteiger partial charge in [0.2, 0.25) is 0 Å². The highest BCUT2D eigenvalue weighted by atomic mass is 14.0. The van der Waals surface area contributed by atoms with Gasteiger partial charge in [-0.1, -0.05) is 38.3 Å². The van der Waals surface area contributed by atoms with E-state index in [1.54, 1.807) is 0 Å². The van der Waals surface area contributed by atoms with Gasteiger partial charge in [0.05, 0.1) is 0 Å². The fourth-order valence-electron chi connectivity index (χ4n) is 1.13. The normalized spacial score (nSPS) is 31.9. The van der Waals surface area contributed by atoms with Gasteiger partial charge in [0.25, 0.3) is 0 Å². The van der Waals surface area contributed by atoms with Crippen molar-refractivity contribution in [1.29, 1.82) is 0 Å². The van der Waals surface area contributed by atoms with E-state index in [0.717, 1.165) is 5.82 Å². The third-order valence-corrected chi connectivity index (χ3v) is 1.68. The zero-order valence-corrected chi connectivity index (χ0v) is 4.98. The van der Waals surface area contributed by atoms with Crippen LogP contribution in [0.15, 0.2) is 0 Å². The Morgan fingerprint density at radius 1 is 1.43 bits per heavy atom. The van der Waals surface area contributed by atoms with Gasteiger partial charge < -0.3 is 0 Å². The Hall–Kier alpha value is 0.0649. The second kappa shape index (κ2) is 2.39. The lowest BCUT2D eigenvalue weighted by atomic mass is 9.57. The summed E-state index contributed by atoms with van der Waals surface area (Å²) in [6.45, 7) is 2.30. The van der Waals surface area contributed by atoms with Gasteiger partial charge in [-0.2, -0.15) is 0 Å². The van der Waals surface area contributed by atoms with E-state index >= 15 is 0 Å². The van der Waals surface area contributed by atoms with Crippen molar-refractivity contribution in [3.63, 3.8) is 0 Å². The minimum absolute atomic E-state index is 0.911. The number of hydrogen-bond acceptors (Lipinski definition) is 0. The molecule has 1 atom stereocenters. The molecule has 0 aromatic heterocycles. The van der Waals surface area contributed by atoms with Crippen LogP contribution < -0.4 is 0 Å². The largest absolute Gasteiger partial charge is 0.113 e. The number of hydrogen-bond donors (Lipinski definition) is 0. The summed E-state index contributed by atoms with van der Waals surface area (Å²) >= 11 is 0. The average molecular weight is 95.0 g/mol. The van der Waals surface area contributed by atoms with Crippen LogP contribution in [-0.2, 0) is 0 Å². The fraction of sp³-hybridized carbons (Fsp3) is 1.00. The molecule has 1 saturated heterocycles. The van der Waals surface area contributed by atoms with E-state index in [9.17, 15) is 0 Å². The van der Waals surface area contributed by atoms with E-state index in [-0.39, 0.29) is 0 Å². The summed E-state index contributed by atoms with van der Waals surface area (Å²) in [5.41, 5.74) is 0. The molecule has 0 amide bonds. The first-order chi connectivity index (χ1) is 3.39. The second-order valence-electron chi connectivity index (χ2n) is 2.50. The summed E-state index contributed by atoms with van der Waals surface area (Å²) in [7, 11) is 2.43. The summed E-state index contributed by atoms with van der Waals surface area (Å²) in [6.07, 6.45) is 5.68. The second-order valence-corrected chi connectivity index (χ2v) is 2.50. The fourth-order valence-corrected chi connectivity index (χ4v) is 1.13. The van der Waals surface area contributed by atoms with Crippen LogP contribution in [0.25, 0.3) is 0 Å². The lowest BCUT2D eigenvalue weighted by molar-refractivity contribution is 0.658. The van der Waals surface area contributed by atoms with Crippen LogP contribution in [0.2, 0.25) is 12.1 Å². The van der Waals surface area contributed by atoms with E-state index in [1.165, 1.54) is 25.6 Å². The summed E-state index contributed by atoms with van der Waals surface area (Å²) in [5.74, 6) is 0.911. The van der Waals surface area contributed by atoms with Gasteiger partial charge in [-0.25, -0.2) is 0 Å². The summed E-state index contributed by atoms with van der Waals surface area (Å²) in [4.78, 5) is 0. The zero-order valence-electron chi connectivity index (χ0n) is 4.98. The molecule has 0 spiro atoms. The van der Waals surface area contributed by atoms with Crippen molar-refractivity contribution in [3.05, 3.63) is 0 Å². The van der Waals surface area contributed by atoms with E-state index in [4.69, 9.17) is 0 Å². The van der Waals surface area contributed by atoms with Crippen LogP contribution in [-0.4, -0.2) is 7.28 Å². The first-order valence-corrected chi connectivity index (χ1v) is 3.23. The topological polar surface area (TPSA) is 0 Å². The van der Waals surface area contributed by atoms with Crippen molar-refractivity contribution in [2.24, 2.45) is 0 Å². The Kier molecular flexibility index (Phi) is 1.78. The molecule has 1 aliphatic heterocycles. The predicted octanol–water partition coefficient (Wildman–Crippen LogP) is 2.10. The highest BCUT2D eigenvalue weighted by Crippen LogP contribution is 2.20. The number of rotatable bonds is 0. The van der Waals surface area contributed by atoms with E-state index in [0.29, 0.717) is 0 Å². The smallest absolute Gasteiger partial charge is 0.0800 e. The Morgan fingerprint density at radius 2 is 2.29 bits per heavy atom. The quantitative estimate of drug-likeness (QED) is 0.404. The first kappa shape index (κ1) is 5.21. The summed E-state index contributed by atoms with van der Waals surface area (Å²) < 4.78 is 0. The maximum absolute atomic E-state index is 2.43. The molecular formula is C6H12B. The molecule has 7 heavy (non-hydrogen) atoms. The van der Waals surface area contributed by atoms with Crippen molar-refractivity contribution in [3.8, 4) is 0 Å². The minimum Gasteiger partial charge on any atom is -0.0800 e. The molecule has 0 nitrogen and oxygen atoms in total. The Labute approximate surface area is 46.5 Å². The molecule has 1 rings (SSSR count). The van der Waals surface area contributed by atoms with Crippen molar-refractivity contribution in [2.45, 2.75) is 38.3 Å². The Balaban J connectivity index is 2.12. The van der Waals surface area contributed by atoms with Crippen LogP contribution >= 0.6 is 0 Å². The highest BCUT2D eigenvalue weighted by Gasteiger charge is 2.07. The highest BCUT2D eigenvalue weighted by molar-refractivity contribution is 6.37. The van der Waals surface area contributed by atoms with Gasteiger partial charge >= 0.3 is 0 Å². The molecule has 1 heteroatoms. The molecular weight excluding hydrogens is 82.9 g/mol. The van der Waals surface area contributed by atoms with Gasteiger partial charge in [-0.3, -0.25) is 0 Å². The molecule has 0 aliphatic carbocycles. The van der Waals surface area contributed by atoms with Crippen molar-refractivity contribution in [2.75, 3.05) is 0 Å². The molecule has 0 N–H and O–H groups in total. The molecule has 1 fully saturated rings. The van der Waals surface area contributed by atoms with E-state index in [1.807, 2.05) is 0 Å². The predicted molar refractivity (Wildman–Crippen MR) is 33.8 cm³/mol. The van der Waals surface area contributed by atoms with Gasteiger partial charge in [0.1, 0.15) is 7.28 Å². The lowest BCUT2D eigenvalue weighted by Gasteiger charge is -2.14. The molecule has 1 radical (unpaired) electrons. The third-order valence-electron chi connectivity index (χ3n) is 1.68. The summed E-state index contributed by atoms with van der Waals surface area (Å²) in [5, 5.41) is 0. The van der Waals surface area contributed by atoms with Crippen LogP contribution in [0.4, 0.5) is 0 Å². The van der Waals surface area contributed by atoms with Crippen LogP contribution in [0, 0.1) is 0 Å². The molecule has 1 aliphatic rings. The molecule has 39 valence electrons. The van der Waals surface area contributed by atoms with Crippen molar-refractivity contribution >= 4 is 7.28 Å². The maximum Gasteiger partial charge on any atom is 0.113 e. The minimum atomic E-state index is 0.911. The molecule has 1 heterocycles. The molecule has 0 aromatic carbocycles. The van der Waals surface area contributed by atoms with Crippen molar-refractivity contribution < 1.29 is 0 Å². The Bertz CT molecular complexity index is 46.1. The first-order valence-electron chi connectivity index (χ1n) is 3.23. The van der Waals surface area contributed by atoms with Crippen molar-refractivity contribution in [1.82, 2.24) is 0 Å². The van der Waals surface area contributed by atoms with Crippen LogP contribution in [0.1, 0.15) is 26.2 Å². The third kappa shape index (κ3) is 1.54. The Morgan fingerprint density at radius 3 is 2.57 bits per heavy atom. The molecule has 0 saturated carbocycles. The molecule has 0 aromatic rings. The zero-order chi connectivity index (χ0) is 5.11. The van der Waals surface area contributed by atoms with E-state index in [2.05, 4.69) is 14.2 Å².